The number of hydrogen-bond donors (Lipinski definition) is 1. The SMILES string of the molecule is NC=CC1CC1=O. The van der Waals surface area contributed by atoms with Gasteiger partial charge in [-0.1, -0.05) is 6.08 Å². The maximum absolute atomic E-state index is 10.2. The molecule has 1 saturated carbocycles. The molecule has 0 aromatic rings. The van der Waals surface area contributed by atoms with Gasteiger partial charge in [0.15, 0.2) is 0 Å². The Morgan fingerprint density at radius 1 is 1.86 bits per heavy atom. The number of nitrogens with two attached hydrogens (primary N) is 1. The van der Waals surface area contributed by atoms with Crippen LogP contribution in [0.15, 0.2) is 12.3 Å². The number of carbonyl (C=O) groups excluding carboxylic acids is 1. The second-order valence-electron chi connectivity index (χ2n) is 1.66. The van der Waals surface area contributed by atoms with E-state index in [9.17, 15) is 4.79 Å². The Labute approximate surface area is 42.0 Å². The van der Waals surface area contributed by atoms with E-state index < -0.39 is 0 Å². The van der Waals surface area contributed by atoms with E-state index in [-0.39, 0.29) is 5.92 Å². The molecule has 7 heavy (non-hydrogen) atoms. The lowest BCUT2D eigenvalue weighted by atomic mass is 10.4. The van der Waals surface area contributed by atoms with Gasteiger partial charge in [-0.2, -0.15) is 0 Å². The molecule has 2 N–H and O–H groups in total. The Morgan fingerprint density at radius 3 is 2.57 bits per heavy atom. The molecule has 0 heterocycles. The van der Waals surface area contributed by atoms with Gasteiger partial charge in [0, 0.05) is 12.3 Å². The van der Waals surface area contributed by atoms with Crippen LogP contribution in [0, 0.1) is 5.92 Å². The number of hydrogen-bond acceptors (Lipinski definition) is 2. The summed E-state index contributed by atoms with van der Waals surface area (Å²) in [7, 11) is 0. The topological polar surface area (TPSA) is 43.1 Å². The zero-order chi connectivity index (χ0) is 5.28. The summed E-state index contributed by atoms with van der Waals surface area (Å²) in [6, 6.07) is 0. The van der Waals surface area contributed by atoms with Crippen LogP contribution in [0.2, 0.25) is 0 Å². The normalized spacial score (nSPS) is 29.1. The van der Waals surface area contributed by atoms with Crippen LogP contribution in [0.1, 0.15) is 6.42 Å². The van der Waals surface area contributed by atoms with Gasteiger partial charge in [0.25, 0.3) is 0 Å². The van der Waals surface area contributed by atoms with Crippen molar-refractivity contribution in [2.45, 2.75) is 6.42 Å². The van der Waals surface area contributed by atoms with Gasteiger partial charge < -0.3 is 5.73 Å². The van der Waals surface area contributed by atoms with Crippen molar-refractivity contribution in [2.24, 2.45) is 11.7 Å². The summed E-state index contributed by atoms with van der Waals surface area (Å²) in [5.41, 5.74) is 5.00. The minimum absolute atomic E-state index is 0.171. The number of rotatable bonds is 1. The van der Waals surface area contributed by atoms with Gasteiger partial charge in [0.2, 0.25) is 0 Å². The van der Waals surface area contributed by atoms with Gasteiger partial charge in [0.05, 0.1) is 0 Å². The van der Waals surface area contributed by atoms with Crippen molar-refractivity contribution in [3.63, 3.8) is 0 Å². The standard InChI is InChI=1S/C5H7NO/c6-2-1-4-3-5(4)7/h1-2,4H,3,6H2. The second kappa shape index (κ2) is 1.37. The third-order valence-electron chi connectivity index (χ3n) is 1.02. The first kappa shape index (κ1) is 4.37. The van der Waals surface area contributed by atoms with Gasteiger partial charge in [-0.15, -0.1) is 0 Å². The Hall–Kier alpha value is -0.790. The lowest BCUT2D eigenvalue weighted by molar-refractivity contribution is -0.110. The van der Waals surface area contributed by atoms with Crippen molar-refractivity contribution >= 4 is 5.78 Å². The van der Waals surface area contributed by atoms with Gasteiger partial charge in [0.1, 0.15) is 5.78 Å². The maximum Gasteiger partial charge on any atom is 0.141 e. The Morgan fingerprint density at radius 2 is 2.43 bits per heavy atom. The average Bonchev–Trinajstić information content (AvgIpc) is 2.22. The summed E-state index contributed by atoms with van der Waals surface area (Å²) in [5.74, 6) is 0.478. The molecule has 0 radical (unpaired) electrons. The first-order valence-corrected chi connectivity index (χ1v) is 2.25. The molecule has 38 valence electrons. The van der Waals surface area contributed by atoms with Crippen molar-refractivity contribution in [1.82, 2.24) is 0 Å². The number of carbonyl (C=O) groups is 1. The lowest BCUT2D eigenvalue weighted by Gasteiger charge is -1.68. The molecule has 0 aromatic heterocycles. The average molecular weight is 97.1 g/mol. The van der Waals surface area contributed by atoms with E-state index in [0.717, 1.165) is 0 Å². The van der Waals surface area contributed by atoms with Gasteiger partial charge in [-0.3, -0.25) is 4.79 Å². The monoisotopic (exact) mass is 97.1 g/mol. The highest BCUT2D eigenvalue weighted by atomic mass is 16.1. The highest BCUT2D eigenvalue weighted by Gasteiger charge is 2.31. The van der Waals surface area contributed by atoms with Crippen molar-refractivity contribution < 1.29 is 4.79 Å². The molecule has 0 aromatic carbocycles. The fourth-order valence-corrected chi connectivity index (χ4v) is 0.467. The molecule has 2 nitrogen and oxygen atoms in total. The largest absolute Gasteiger partial charge is 0.405 e. The van der Waals surface area contributed by atoms with Crippen LogP contribution < -0.4 is 5.73 Å². The first-order valence-electron chi connectivity index (χ1n) is 2.25. The summed E-state index contributed by atoms with van der Waals surface area (Å²) in [5, 5.41) is 0. The number of allylic oxidation sites excluding steroid dienone is 1. The minimum Gasteiger partial charge on any atom is -0.405 e. The van der Waals surface area contributed by atoms with Gasteiger partial charge >= 0.3 is 0 Å². The molecule has 2 heteroatoms. The molecule has 0 aliphatic heterocycles. The zero-order valence-electron chi connectivity index (χ0n) is 3.92. The number of Topliss-reactive ketones (excluding diaryl/α,β-unsaturated/α-hetero) is 1. The van der Waals surface area contributed by atoms with Gasteiger partial charge in [-0.05, 0) is 6.20 Å². The van der Waals surface area contributed by atoms with E-state index in [0.29, 0.717) is 12.2 Å². The van der Waals surface area contributed by atoms with Crippen LogP contribution in [-0.2, 0) is 4.79 Å². The Balaban J connectivity index is 2.34. The van der Waals surface area contributed by atoms with Crippen molar-refractivity contribution in [1.29, 1.82) is 0 Å². The third kappa shape index (κ3) is 0.796. The fraction of sp³-hybridized carbons (Fsp3) is 0.400. The summed E-state index contributed by atoms with van der Waals surface area (Å²) in [6.45, 7) is 0. The van der Waals surface area contributed by atoms with Crippen LogP contribution in [0.5, 0.6) is 0 Å². The van der Waals surface area contributed by atoms with Crippen molar-refractivity contribution in [2.75, 3.05) is 0 Å². The van der Waals surface area contributed by atoms with Crippen molar-refractivity contribution in [3.05, 3.63) is 12.3 Å². The van der Waals surface area contributed by atoms with Crippen LogP contribution >= 0.6 is 0 Å². The lowest BCUT2D eigenvalue weighted by Crippen LogP contribution is -1.77. The van der Waals surface area contributed by atoms with Crippen LogP contribution in [0.3, 0.4) is 0 Å². The minimum atomic E-state index is 0.171. The predicted octanol–water partition coefficient (Wildman–Crippen LogP) is 0.0478. The summed E-state index contributed by atoms with van der Waals surface area (Å²) in [6.07, 6.45) is 3.85. The smallest absolute Gasteiger partial charge is 0.141 e. The molecular formula is C5H7NO. The van der Waals surface area contributed by atoms with E-state index in [1.54, 1.807) is 6.08 Å². The van der Waals surface area contributed by atoms with E-state index in [2.05, 4.69) is 0 Å². The predicted molar refractivity (Wildman–Crippen MR) is 26.4 cm³/mol. The third-order valence-corrected chi connectivity index (χ3v) is 1.02. The highest BCUT2D eigenvalue weighted by Crippen LogP contribution is 2.24. The van der Waals surface area contributed by atoms with Crippen LogP contribution in [0.25, 0.3) is 0 Å². The second-order valence-corrected chi connectivity index (χ2v) is 1.66. The summed E-state index contributed by atoms with van der Waals surface area (Å²) >= 11 is 0. The van der Waals surface area contributed by atoms with Crippen LogP contribution in [0.4, 0.5) is 0 Å². The molecule has 0 spiro atoms. The Bertz CT molecular complexity index is 117. The quantitative estimate of drug-likeness (QED) is 0.502. The first-order chi connectivity index (χ1) is 3.34. The summed E-state index contributed by atoms with van der Waals surface area (Å²) in [4.78, 5) is 10.2. The Kier molecular flexibility index (Phi) is 0.855. The molecule has 1 unspecified atom stereocenters. The molecule has 1 atom stereocenters. The van der Waals surface area contributed by atoms with Crippen molar-refractivity contribution in [3.8, 4) is 0 Å². The molecule has 0 saturated heterocycles. The molecule has 1 rings (SSSR count). The maximum atomic E-state index is 10.2. The fourth-order valence-electron chi connectivity index (χ4n) is 0.467. The van der Waals surface area contributed by atoms with E-state index in [4.69, 9.17) is 5.73 Å². The number of ketones is 1. The van der Waals surface area contributed by atoms with E-state index >= 15 is 0 Å². The molecule has 0 bridgehead atoms. The molecule has 0 amide bonds. The molecule has 1 aliphatic carbocycles. The molecular weight excluding hydrogens is 90.1 g/mol. The van der Waals surface area contributed by atoms with Gasteiger partial charge in [-0.25, -0.2) is 0 Å². The molecule has 1 fully saturated rings. The highest BCUT2D eigenvalue weighted by molar-refractivity contribution is 5.97. The van der Waals surface area contributed by atoms with E-state index in [1.165, 1.54) is 6.20 Å². The zero-order valence-corrected chi connectivity index (χ0v) is 3.92. The van der Waals surface area contributed by atoms with E-state index in [1.807, 2.05) is 0 Å². The van der Waals surface area contributed by atoms with Crippen LogP contribution in [-0.4, -0.2) is 5.78 Å². The summed E-state index contributed by atoms with van der Waals surface area (Å²) < 4.78 is 0. The molecule has 1 aliphatic rings.